The molecule has 40 heavy (non-hydrogen) atoms. The molecule has 0 bridgehead atoms. The molecule has 0 atom stereocenters. The maximum atomic E-state index is 6.09. The van der Waals surface area contributed by atoms with Crippen molar-refractivity contribution >= 4 is 11.6 Å². The molecule has 0 aliphatic rings. The molecule has 0 saturated heterocycles. The maximum absolute atomic E-state index is 6.09. The number of nitrogens with zero attached hydrogens (tertiary/aromatic N) is 3. The van der Waals surface area contributed by atoms with Gasteiger partial charge in [0, 0.05) is 41.9 Å². The third-order valence-corrected chi connectivity index (χ3v) is 7.20. The third kappa shape index (κ3) is 8.61. The van der Waals surface area contributed by atoms with Gasteiger partial charge in [-0.3, -0.25) is 0 Å². The van der Waals surface area contributed by atoms with Crippen LogP contribution in [0.15, 0.2) is 79.0 Å². The summed E-state index contributed by atoms with van der Waals surface area (Å²) in [6.07, 6.45) is 4.87. The fourth-order valence-electron chi connectivity index (χ4n) is 4.71. The minimum absolute atomic E-state index is 0.498. The molecule has 0 fully saturated rings. The van der Waals surface area contributed by atoms with Crippen LogP contribution >= 0.6 is 11.6 Å². The van der Waals surface area contributed by atoms with Crippen LogP contribution in [0.3, 0.4) is 0 Å². The molecular formula is C34H42ClN3O2. The number of hydrogen-bond acceptors (Lipinski definition) is 4. The molecule has 0 amide bonds. The number of rotatable bonds is 15. The predicted octanol–water partition coefficient (Wildman–Crippen LogP) is 8.12. The van der Waals surface area contributed by atoms with Crippen LogP contribution in [0.5, 0.6) is 11.5 Å². The Hall–Kier alpha value is -3.28. The van der Waals surface area contributed by atoms with Gasteiger partial charge >= 0.3 is 0 Å². The molecule has 3 aromatic carbocycles. The van der Waals surface area contributed by atoms with E-state index >= 15 is 0 Å². The summed E-state index contributed by atoms with van der Waals surface area (Å²) in [5.41, 5.74) is 4.28. The van der Waals surface area contributed by atoms with Crippen LogP contribution < -0.4 is 9.47 Å². The van der Waals surface area contributed by atoms with Crippen LogP contribution in [-0.4, -0.2) is 47.3 Å². The minimum Gasteiger partial charge on any atom is -0.494 e. The van der Waals surface area contributed by atoms with Gasteiger partial charge in [-0.15, -0.1) is 0 Å². The Morgan fingerprint density at radius 1 is 0.875 bits per heavy atom. The van der Waals surface area contributed by atoms with Crippen molar-refractivity contribution in [3.8, 4) is 28.4 Å². The highest BCUT2D eigenvalue weighted by atomic mass is 35.5. The van der Waals surface area contributed by atoms with E-state index in [0.29, 0.717) is 12.5 Å². The standard InChI is InChI=1S/C34H42ClN3O2/c1-5-37(6-2)20-8-21-39-32-17-13-30(14-18-32)38-25-33(36-34(38)23-26(3)4)28-11-15-31(16-12-28)40-22-19-27-9-7-10-29(35)24-27/h7,9-18,24-26H,5-6,8,19-23H2,1-4H3. The second-order valence-electron chi connectivity index (χ2n) is 10.5. The zero-order valence-electron chi connectivity index (χ0n) is 24.3. The van der Waals surface area contributed by atoms with Gasteiger partial charge in [-0.2, -0.15) is 0 Å². The van der Waals surface area contributed by atoms with Crippen molar-refractivity contribution in [3.63, 3.8) is 0 Å². The molecule has 0 aliphatic heterocycles. The number of benzene rings is 3. The number of hydrogen-bond donors (Lipinski definition) is 0. The summed E-state index contributed by atoms with van der Waals surface area (Å²) in [4.78, 5) is 7.45. The zero-order chi connectivity index (χ0) is 28.3. The molecule has 212 valence electrons. The van der Waals surface area contributed by atoms with Gasteiger partial charge < -0.3 is 18.9 Å². The normalized spacial score (nSPS) is 11.4. The Kier molecular flexibility index (Phi) is 11.1. The summed E-state index contributed by atoms with van der Waals surface area (Å²) in [6, 6.07) is 24.4. The molecule has 4 aromatic rings. The van der Waals surface area contributed by atoms with E-state index in [1.807, 2.05) is 30.3 Å². The molecule has 0 radical (unpaired) electrons. The first kappa shape index (κ1) is 29.7. The minimum atomic E-state index is 0.498. The average Bonchev–Trinajstić information content (AvgIpc) is 3.37. The third-order valence-electron chi connectivity index (χ3n) is 6.97. The second-order valence-corrected chi connectivity index (χ2v) is 10.9. The van der Waals surface area contributed by atoms with Gasteiger partial charge in [0.15, 0.2) is 0 Å². The Morgan fingerprint density at radius 2 is 1.55 bits per heavy atom. The predicted molar refractivity (Wildman–Crippen MR) is 166 cm³/mol. The molecule has 4 rings (SSSR count). The van der Waals surface area contributed by atoms with Crippen LogP contribution in [0.4, 0.5) is 0 Å². The van der Waals surface area contributed by atoms with Crippen molar-refractivity contribution in [2.24, 2.45) is 5.92 Å². The van der Waals surface area contributed by atoms with Crippen molar-refractivity contribution < 1.29 is 9.47 Å². The average molecular weight is 560 g/mol. The molecule has 5 nitrogen and oxygen atoms in total. The lowest BCUT2D eigenvalue weighted by Crippen LogP contribution is -2.25. The molecule has 0 saturated carbocycles. The lowest BCUT2D eigenvalue weighted by molar-refractivity contribution is 0.249. The zero-order valence-corrected chi connectivity index (χ0v) is 25.0. The van der Waals surface area contributed by atoms with E-state index in [1.54, 1.807) is 0 Å². The van der Waals surface area contributed by atoms with E-state index < -0.39 is 0 Å². The summed E-state index contributed by atoms with van der Waals surface area (Å²) in [7, 11) is 0. The van der Waals surface area contributed by atoms with Gasteiger partial charge in [0.25, 0.3) is 0 Å². The molecular weight excluding hydrogens is 518 g/mol. The van der Waals surface area contributed by atoms with Gasteiger partial charge in [-0.25, -0.2) is 4.98 Å². The fraction of sp³-hybridized carbons (Fsp3) is 0.382. The first-order chi connectivity index (χ1) is 19.4. The summed E-state index contributed by atoms with van der Waals surface area (Å²) in [6.45, 7) is 13.4. The van der Waals surface area contributed by atoms with Crippen molar-refractivity contribution in [2.45, 2.75) is 47.0 Å². The van der Waals surface area contributed by atoms with Crippen LogP contribution in [0.25, 0.3) is 16.9 Å². The van der Waals surface area contributed by atoms with Crippen LogP contribution in [-0.2, 0) is 12.8 Å². The summed E-state index contributed by atoms with van der Waals surface area (Å²) >= 11 is 6.09. The monoisotopic (exact) mass is 559 g/mol. The van der Waals surface area contributed by atoms with E-state index in [4.69, 9.17) is 26.1 Å². The highest BCUT2D eigenvalue weighted by Gasteiger charge is 2.13. The lowest BCUT2D eigenvalue weighted by Gasteiger charge is -2.17. The summed E-state index contributed by atoms with van der Waals surface area (Å²) in [5, 5.41) is 0.754. The van der Waals surface area contributed by atoms with Gasteiger partial charge in [-0.1, -0.05) is 51.4 Å². The van der Waals surface area contributed by atoms with E-state index in [-0.39, 0.29) is 0 Å². The van der Waals surface area contributed by atoms with Crippen molar-refractivity contribution in [1.82, 2.24) is 14.5 Å². The molecule has 0 spiro atoms. The Bertz CT molecular complexity index is 1310. The number of halogens is 1. The van der Waals surface area contributed by atoms with Crippen molar-refractivity contribution in [1.29, 1.82) is 0 Å². The second kappa shape index (κ2) is 14.9. The van der Waals surface area contributed by atoms with E-state index in [2.05, 4.69) is 85.8 Å². The quantitative estimate of drug-likeness (QED) is 0.138. The number of ether oxygens (including phenoxy) is 2. The highest BCUT2D eigenvalue weighted by molar-refractivity contribution is 6.30. The van der Waals surface area contributed by atoms with Gasteiger partial charge in [0.1, 0.15) is 17.3 Å². The first-order valence-corrected chi connectivity index (χ1v) is 14.8. The van der Waals surface area contributed by atoms with Crippen molar-refractivity contribution in [2.75, 3.05) is 32.8 Å². The molecule has 0 unspecified atom stereocenters. The van der Waals surface area contributed by atoms with Crippen LogP contribution in [0.1, 0.15) is 45.5 Å². The van der Waals surface area contributed by atoms with Crippen LogP contribution in [0, 0.1) is 5.92 Å². The molecule has 6 heteroatoms. The Morgan fingerprint density at radius 3 is 2.20 bits per heavy atom. The number of imidazole rings is 1. The van der Waals surface area contributed by atoms with Gasteiger partial charge in [-0.05, 0) is 91.7 Å². The molecule has 1 heterocycles. The molecule has 1 aromatic heterocycles. The Labute approximate surface area is 244 Å². The maximum Gasteiger partial charge on any atom is 0.119 e. The SMILES string of the molecule is CCN(CC)CCCOc1ccc(-n2cc(-c3ccc(OCCc4cccc(Cl)c4)cc3)nc2CC(C)C)cc1. The Balaban J connectivity index is 1.40. The first-order valence-electron chi connectivity index (χ1n) is 14.5. The summed E-state index contributed by atoms with van der Waals surface area (Å²) < 4.78 is 14.2. The lowest BCUT2D eigenvalue weighted by atomic mass is 10.1. The topological polar surface area (TPSA) is 39.5 Å². The molecule has 0 N–H and O–H groups in total. The van der Waals surface area contributed by atoms with Crippen LogP contribution in [0.2, 0.25) is 5.02 Å². The van der Waals surface area contributed by atoms with E-state index in [9.17, 15) is 0 Å². The summed E-state index contributed by atoms with van der Waals surface area (Å²) in [5.74, 6) is 3.30. The number of aromatic nitrogens is 2. The largest absolute Gasteiger partial charge is 0.494 e. The highest BCUT2D eigenvalue weighted by Crippen LogP contribution is 2.26. The van der Waals surface area contributed by atoms with Gasteiger partial charge in [0.05, 0.1) is 18.9 Å². The fourth-order valence-corrected chi connectivity index (χ4v) is 4.93. The van der Waals surface area contributed by atoms with Crippen molar-refractivity contribution in [3.05, 3.63) is 95.4 Å². The van der Waals surface area contributed by atoms with E-state index in [0.717, 1.165) is 84.8 Å². The van der Waals surface area contributed by atoms with Gasteiger partial charge in [0.2, 0.25) is 0 Å². The smallest absolute Gasteiger partial charge is 0.119 e. The molecule has 0 aliphatic carbocycles. The van der Waals surface area contributed by atoms with E-state index in [1.165, 1.54) is 5.56 Å².